The molecule has 0 atom stereocenters. The highest BCUT2D eigenvalue weighted by Crippen LogP contribution is 2.47. The van der Waals surface area contributed by atoms with Gasteiger partial charge in [0.15, 0.2) is 5.96 Å². The van der Waals surface area contributed by atoms with Crippen molar-refractivity contribution >= 4 is 28.6 Å². The quantitative estimate of drug-likeness (QED) is 0.645. The smallest absolute Gasteiger partial charge is 0.193 e. The Balaban J connectivity index is 1.29. The van der Waals surface area contributed by atoms with Crippen molar-refractivity contribution in [3.8, 4) is 10.6 Å². The third kappa shape index (κ3) is 3.60. The SMILES string of the molecule is CN=C(NCCc1ccc(-c2csc(C)n2)s1)N1CCC2(CCC2)C1. The second-order valence-electron chi connectivity index (χ2n) is 7.27. The van der Waals surface area contributed by atoms with E-state index in [-0.39, 0.29) is 0 Å². The van der Waals surface area contributed by atoms with Gasteiger partial charge in [0.25, 0.3) is 0 Å². The van der Waals surface area contributed by atoms with E-state index in [1.54, 1.807) is 11.3 Å². The van der Waals surface area contributed by atoms with Gasteiger partial charge < -0.3 is 10.2 Å². The molecule has 1 saturated heterocycles. The lowest BCUT2D eigenvalue weighted by molar-refractivity contribution is 0.151. The lowest BCUT2D eigenvalue weighted by Gasteiger charge is -2.38. The topological polar surface area (TPSA) is 40.5 Å². The van der Waals surface area contributed by atoms with Gasteiger partial charge in [-0.1, -0.05) is 6.42 Å². The maximum absolute atomic E-state index is 4.58. The average molecular weight is 375 g/mol. The van der Waals surface area contributed by atoms with Gasteiger partial charge >= 0.3 is 0 Å². The van der Waals surface area contributed by atoms with Gasteiger partial charge in [0.1, 0.15) is 0 Å². The summed E-state index contributed by atoms with van der Waals surface area (Å²) in [7, 11) is 1.90. The van der Waals surface area contributed by atoms with E-state index in [4.69, 9.17) is 0 Å². The van der Waals surface area contributed by atoms with Gasteiger partial charge in [-0.05, 0) is 50.2 Å². The predicted molar refractivity (Wildman–Crippen MR) is 108 cm³/mol. The zero-order chi connectivity index (χ0) is 17.3. The third-order valence-corrected chi connectivity index (χ3v) is 7.49. The van der Waals surface area contributed by atoms with Gasteiger partial charge in [-0.15, -0.1) is 22.7 Å². The standard InChI is InChI=1S/C19H26N4S2/c1-14-22-16(12-24-14)17-5-4-15(25-17)6-10-21-18(20-2)23-11-9-19(13-23)7-3-8-19/h4-5,12H,3,6-11,13H2,1-2H3,(H,20,21). The highest BCUT2D eigenvalue weighted by molar-refractivity contribution is 7.16. The zero-order valence-corrected chi connectivity index (χ0v) is 16.7. The Kier molecular flexibility index (Phi) is 4.82. The fourth-order valence-corrected chi connectivity index (χ4v) is 5.61. The number of guanidine groups is 1. The summed E-state index contributed by atoms with van der Waals surface area (Å²) in [6.45, 7) is 5.35. The molecular weight excluding hydrogens is 348 g/mol. The van der Waals surface area contributed by atoms with Crippen LogP contribution in [0.3, 0.4) is 0 Å². The molecule has 25 heavy (non-hydrogen) atoms. The summed E-state index contributed by atoms with van der Waals surface area (Å²) in [5.41, 5.74) is 1.73. The molecule has 1 spiro atoms. The molecule has 1 N–H and O–H groups in total. The van der Waals surface area contributed by atoms with E-state index in [2.05, 4.69) is 44.6 Å². The van der Waals surface area contributed by atoms with Crippen LogP contribution in [0, 0.1) is 12.3 Å². The van der Waals surface area contributed by atoms with Crippen LogP contribution >= 0.6 is 22.7 Å². The minimum Gasteiger partial charge on any atom is -0.356 e. The van der Waals surface area contributed by atoms with Crippen molar-refractivity contribution in [3.05, 3.63) is 27.4 Å². The monoisotopic (exact) mass is 374 g/mol. The Labute approximate surface area is 158 Å². The number of nitrogens with zero attached hydrogens (tertiary/aromatic N) is 3. The van der Waals surface area contributed by atoms with Crippen molar-refractivity contribution in [3.63, 3.8) is 0 Å². The van der Waals surface area contributed by atoms with Crippen molar-refractivity contribution in [2.75, 3.05) is 26.7 Å². The number of likely N-dealkylation sites (tertiary alicyclic amines) is 1. The summed E-state index contributed by atoms with van der Waals surface area (Å²) in [5, 5.41) is 6.85. The summed E-state index contributed by atoms with van der Waals surface area (Å²) >= 11 is 3.57. The van der Waals surface area contributed by atoms with E-state index >= 15 is 0 Å². The molecular formula is C19H26N4S2. The Morgan fingerprint density at radius 1 is 1.36 bits per heavy atom. The van der Waals surface area contributed by atoms with Crippen molar-refractivity contribution in [1.29, 1.82) is 0 Å². The van der Waals surface area contributed by atoms with E-state index in [0.717, 1.165) is 36.2 Å². The Bertz CT molecular complexity index is 757. The molecule has 2 aromatic rings. The Morgan fingerprint density at radius 3 is 2.88 bits per heavy atom. The molecule has 1 aliphatic carbocycles. The summed E-state index contributed by atoms with van der Waals surface area (Å²) in [6.07, 6.45) is 6.61. The first kappa shape index (κ1) is 17.0. The van der Waals surface area contributed by atoms with Crippen LogP contribution in [-0.2, 0) is 6.42 Å². The van der Waals surface area contributed by atoms with Gasteiger partial charge in [-0.2, -0.15) is 0 Å². The molecule has 134 valence electrons. The van der Waals surface area contributed by atoms with Crippen LogP contribution in [0.2, 0.25) is 0 Å². The number of rotatable bonds is 4. The molecule has 1 aliphatic heterocycles. The molecule has 2 fully saturated rings. The van der Waals surface area contributed by atoms with Gasteiger partial charge in [0.2, 0.25) is 0 Å². The Hall–Kier alpha value is -1.40. The molecule has 0 unspecified atom stereocenters. The van der Waals surface area contributed by atoms with Crippen LogP contribution in [-0.4, -0.2) is 42.5 Å². The van der Waals surface area contributed by atoms with Crippen LogP contribution in [0.5, 0.6) is 0 Å². The largest absolute Gasteiger partial charge is 0.356 e. The first-order chi connectivity index (χ1) is 12.2. The van der Waals surface area contributed by atoms with Crippen LogP contribution in [0.15, 0.2) is 22.5 Å². The minimum absolute atomic E-state index is 0.617. The number of nitrogens with one attached hydrogen (secondary N) is 1. The minimum atomic E-state index is 0.617. The molecule has 6 heteroatoms. The molecule has 3 heterocycles. The fraction of sp³-hybridized carbons (Fsp3) is 0.579. The van der Waals surface area contributed by atoms with Crippen molar-refractivity contribution < 1.29 is 0 Å². The Morgan fingerprint density at radius 2 is 2.24 bits per heavy atom. The van der Waals surface area contributed by atoms with Crippen molar-refractivity contribution in [2.45, 2.75) is 39.0 Å². The average Bonchev–Trinajstić information content (AvgIpc) is 3.29. The first-order valence-corrected chi connectivity index (χ1v) is 10.8. The summed E-state index contributed by atoms with van der Waals surface area (Å²) < 4.78 is 0. The maximum Gasteiger partial charge on any atom is 0.193 e. The van der Waals surface area contributed by atoms with E-state index in [1.165, 1.54) is 42.0 Å². The molecule has 0 amide bonds. The van der Waals surface area contributed by atoms with Gasteiger partial charge in [0.05, 0.1) is 15.6 Å². The maximum atomic E-state index is 4.58. The number of aromatic nitrogens is 1. The van der Waals surface area contributed by atoms with Crippen LogP contribution in [0.1, 0.15) is 35.6 Å². The van der Waals surface area contributed by atoms with E-state index in [9.17, 15) is 0 Å². The molecule has 4 rings (SSSR count). The van der Waals surface area contributed by atoms with Crippen molar-refractivity contribution in [2.24, 2.45) is 10.4 Å². The number of thiazole rings is 1. The van der Waals surface area contributed by atoms with Crippen LogP contribution in [0.25, 0.3) is 10.6 Å². The number of thiophene rings is 1. The molecule has 2 aliphatic rings. The highest BCUT2D eigenvalue weighted by atomic mass is 32.1. The molecule has 0 aromatic carbocycles. The number of hydrogen-bond acceptors (Lipinski definition) is 4. The van der Waals surface area contributed by atoms with Gasteiger partial charge in [-0.3, -0.25) is 4.99 Å². The molecule has 1 saturated carbocycles. The zero-order valence-electron chi connectivity index (χ0n) is 15.0. The second kappa shape index (κ2) is 7.08. The fourth-order valence-electron chi connectivity index (χ4n) is 3.96. The van der Waals surface area contributed by atoms with Crippen LogP contribution in [0.4, 0.5) is 0 Å². The molecule has 0 radical (unpaired) electrons. The van der Waals surface area contributed by atoms with Gasteiger partial charge in [-0.25, -0.2) is 4.98 Å². The second-order valence-corrected chi connectivity index (χ2v) is 9.50. The van der Waals surface area contributed by atoms with Gasteiger partial charge in [0, 0.05) is 36.9 Å². The highest BCUT2D eigenvalue weighted by Gasteiger charge is 2.43. The number of hydrogen-bond donors (Lipinski definition) is 1. The summed E-state index contributed by atoms with van der Waals surface area (Å²) in [5.74, 6) is 1.08. The van der Waals surface area contributed by atoms with Crippen LogP contribution < -0.4 is 5.32 Å². The van der Waals surface area contributed by atoms with E-state index in [0.29, 0.717) is 5.41 Å². The third-order valence-electron chi connectivity index (χ3n) is 5.55. The van der Waals surface area contributed by atoms with E-state index in [1.807, 2.05) is 18.4 Å². The summed E-state index contributed by atoms with van der Waals surface area (Å²) in [6, 6.07) is 4.43. The van der Waals surface area contributed by atoms with E-state index < -0.39 is 0 Å². The lowest BCUT2D eigenvalue weighted by Crippen LogP contribution is -2.43. The number of aliphatic imine (C=N–C) groups is 1. The molecule has 4 nitrogen and oxygen atoms in total. The normalized spacial score (nSPS) is 19.4. The summed E-state index contributed by atoms with van der Waals surface area (Å²) in [4.78, 5) is 14.2. The number of aryl methyl sites for hydroxylation is 1. The van der Waals surface area contributed by atoms with Crippen molar-refractivity contribution in [1.82, 2.24) is 15.2 Å². The predicted octanol–water partition coefficient (Wildman–Crippen LogP) is 4.17. The molecule has 0 bridgehead atoms. The first-order valence-electron chi connectivity index (χ1n) is 9.14. The molecule has 2 aromatic heterocycles. The lowest BCUT2D eigenvalue weighted by atomic mass is 9.68.